The van der Waals surface area contributed by atoms with Crippen molar-refractivity contribution < 1.29 is 9.28 Å². The number of nitrogens with zero attached hydrogens (tertiary/aromatic N) is 2. The lowest BCUT2D eigenvalue weighted by atomic mass is 9.78. The van der Waals surface area contributed by atoms with Gasteiger partial charge in [-0.15, -0.1) is 0 Å². The van der Waals surface area contributed by atoms with Gasteiger partial charge in [0.25, 0.3) is 11.5 Å². The molecule has 2 fully saturated rings. The summed E-state index contributed by atoms with van der Waals surface area (Å²) >= 11 is 0. The molecule has 1 aliphatic heterocycles. The number of hydrogen-bond acceptors (Lipinski definition) is 3. The van der Waals surface area contributed by atoms with Crippen molar-refractivity contribution in [1.29, 1.82) is 0 Å². The van der Waals surface area contributed by atoms with Crippen molar-refractivity contribution in [3.63, 3.8) is 0 Å². The minimum atomic E-state index is -0.124. The first-order valence-corrected chi connectivity index (χ1v) is 18.0. The third-order valence-corrected chi connectivity index (χ3v) is 12.4. The fourth-order valence-electron chi connectivity index (χ4n) is 8.68. The summed E-state index contributed by atoms with van der Waals surface area (Å²) in [7, 11) is 4.73. The van der Waals surface area contributed by atoms with Crippen LogP contribution in [0.25, 0.3) is 0 Å². The molecule has 4 rings (SSSR count). The van der Waals surface area contributed by atoms with Gasteiger partial charge in [0.15, 0.2) is 0 Å². The van der Waals surface area contributed by atoms with Gasteiger partial charge in [-0.1, -0.05) is 47.0 Å². The van der Waals surface area contributed by atoms with Crippen LogP contribution in [0.2, 0.25) is 0 Å². The number of rotatable bonds is 8. The normalized spacial score (nSPS) is 28.2. The summed E-state index contributed by atoms with van der Waals surface area (Å²) in [6.45, 7) is 20.6. The Morgan fingerprint density at radius 3 is 2.31 bits per heavy atom. The number of benzene rings is 1. The van der Waals surface area contributed by atoms with Crippen molar-refractivity contribution in [2.24, 2.45) is 17.8 Å². The van der Waals surface area contributed by atoms with E-state index in [0.717, 1.165) is 39.8 Å². The molecule has 0 radical (unpaired) electrons. The van der Waals surface area contributed by atoms with E-state index in [-0.39, 0.29) is 18.0 Å². The van der Waals surface area contributed by atoms with Crippen LogP contribution in [0.4, 0.5) is 5.69 Å². The highest BCUT2D eigenvalue weighted by Gasteiger charge is 2.40. The number of likely N-dealkylation sites (N-methyl/N-ethyl adjacent to an activating group) is 1. The van der Waals surface area contributed by atoms with Gasteiger partial charge in [-0.25, -0.2) is 0 Å². The molecule has 1 saturated heterocycles. The van der Waals surface area contributed by atoms with Crippen molar-refractivity contribution >= 4 is 11.6 Å². The summed E-state index contributed by atoms with van der Waals surface area (Å²) in [5, 5.41) is 3.15. The number of aromatic amines is 1. The lowest BCUT2D eigenvalue weighted by molar-refractivity contribution is -0.936. The number of amides is 1. The number of aromatic nitrogens is 1. The number of pyridine rings is 1. The maximum atomic E-state index is 14.1. The van der Waals surface area contributed by atoms with Crippen molar-refractivity contribution in [2.45, 2.75) is 131 Å². The number of H-pyrrole nitrogens is 1. The Hall–Kier alpha value is -2.60. The molecule has 1 aromatic carbocycles. The average molecular weight is 620 g/mol. The second-order valence-corrected chi connectivity index (χ2v) is 15.3. The third kappa shape index (κ3) is 7.86. The summed E-state index contributed by atoms with van der Waals surface area (Å²) in [6, 6.07) is 7.68. The fraction of sp³-hybridized carbons (Fsp3) is 0.692. The van der Waals surface area contributed by atoms with Gasteiger partial charge in [-0.2, -0.15) is 0 Å². The van der Waals surface area contributed by atoms with Gasteiger partial charge in [-0.05, 0) is 107 Å². The van der Waals surface area contributed by atoms with Gasteiger partial charge in [-0.3, -0.25) is 9.59 Å². The minimum Gasteiger partial charge on any atom is -0.371 e. The molecule has 6 nitrogen and oxygen atoms in total. The quantitative estimate of drug-likeness (QED) is 0.294. The largest absolute Gasteiger partial charge is 0.371 e. The molecule has 0 spiro atoms. The summed E-state index contributed by atoms with van der Waals surface area (Å²) in [6.07, 6.45) is 9.77. The molecule has 1 saturated carbocycles. The summed E-state index contributed by atoms with van der Waals surface area (Å²) in [4.78, 5) is 32.2. The van der Waals surface area contributed by atoms with Gasteiger partial charge in [0.05, 0.1) is 26.2 Å². The van der Waals surface area contributed by atoms with Crippen LogP contribution in [0.1, 0.15) is 130 Å². The van der Waals surface area contributed by atoms with Crippen LogP contribution < -0.4 is 15.8 Å². The Labute approximate surface area is 274 Å². The van der Waals surface area contributed by atoms with Crippen molar-refractivity contribution in [2.75, 3.05) is 32.1 Å². The Bertz CT molecular complexity index is 1380. The fourth-order valence-corrected chi connectivity index (χ4v) is 8.68. The molecule has 6 unspecified atom stereocenters. The predicted molar refractivity (Wildman–Crippen MR) is 189 cm³/mol. The van der Waals surface area contributed by atoms with E-state index in [1.54, 1.807) is 0 Å². The second kappa shape index (κ2) is 14.9. The third-order valence-electron chi connectivity index (χ3n) is 12.4. The van der Waals surface area contributed by atoms with Gasteiger partial charge in [0, 0.05) is 54.0 Å². The Morgan fingerprint density at radius 1 is 0.978 bits per heavy atom. The van der Waals surface area contributed by atoms with E-state index in [9.17, 15) is 9.59 Å². The Morgan fingerprint density at radius 2 is 1.67 bits per heavy atom. The smallest absolute Gasteiger partial charge is 0.253 e. The van der Waals surface area contributed by atoms with Crippen LogP contribution in [0, 0.1) is 38.5 Å². The molecule has 250 valence electrons. The highest BCUT2D eigenvalue weighted by Crippen LogP contribution is 2.40. The molecule has 2 heterocycles. The molecule has 45 heavy (non-hydrogen) atoms. The van der Waals surface area contributed by atoms with E-state index in [1.807, 2.05) is 19.9 Å². The molecule has 1 aromatic heterocycles. The molecule has 6 heteroatoms. The first-order chi connectivity index (χ1) is 21.3. The number of hydrogen-bond donors (Lipinski definition) is 2. The maximum Gasteiger partial charge on any atom is 0.253 e. The number of aryl methyl sites for hydroxylation is 2. The van der Waals surface area contributed by atoms with E-state index in [0.29, 0.717) is 41.3 Å². The number of quaternary nitrogens is 1. The molecule has 0 bridgehead atoms. The zero-order valence-electron chi connectivity index (χ0n) is 30.2. The van der Waals surface area contributed by atoms with Gasteiger partial charge >= 0.3 is 0 Å². The standard InChI is InChI=1S/C39H62N4O2/c1-11-19-43(10)24-32(18-17-25(2)28(5)29(6)31(43)8)33-21-35(30(7)37(22-33)42(9)34-15-13-12-14-16-34)38(44)40-23-36-26(3)20-27(4)41-39(36)45/h20-22,25,28-29,31-32,34H,11-19,23-24H2,1-10H3,(H-,40,41,44,45)/p+1. The van der Waals surface area contributed by atoms with E-state index in [4.69, 9.17) is 0 Å². The molecule has 6 atom stereocenters. The maximum absolute atomic E-state index is 14.1. The molecule has 2 N–H and O–H groups in total. The van der Waals surface area contributed by atoms with Crippen LogP contribution in [0.3, 0.4) is 0 Å². The number of carbonyl (C=O) groups is 1. The van der Waals surface area contributed by atoms with Gasteiger partial charge < -0.3 is 19.7 Å². The minimum absolute atomic E-state index is 0.0927. The molecule has 2 aliphatic rings. The Kier molecular flexibility index (Phi) is 11.7. The molecule has 1 aliphatic carbocycles. The highest BCUT2D eigenvalue weighted by atomic mass is 16.1. The average Bonchev–Trinajstić information content (AvgIpc) is 3.03. The topological polar surface area (TPSA) is 65.2 Å². The molecule has 2 aromatic rings. The molecular weight excluding hydrogens is 556 g/mol. The predicted octanol–water partition coefficient (Wildman–Crippen LogP) is 8.03. The van der Waals surface area contributed by atoms with Crippen molar-refractivity contribution in [1.82, 2.24) is 10.3 Å². The van der Waals surface area contributed by atoms with Crippen LogP contribution in [-0.4, -0.2) is 54.6 Å². The lowest BCUT2D eigenvalue weighted by Gasteiger charge is -2.45. The highest BCUT2D eigenvalue weighted by molar-refractivity contribution is 5.97. The zero-order valence-corrected chi connectivity index (χ0v) is 30.2. The number of anilines is 1. The van der Waals surface area contributed by atoms with Crippen LogP contribution >= 0.6 is 0 Å². The van der Waals surface area contributed by atoms with E-state index < -0.39 is 0 Å². The molecule has 1 amide bonds. The van der Waals surface area contributed by atoms with Crippen LogP contribution in [-0.2, 0) is 6.54 Å². The van der Waals surface area contributed by atoms with Gasteiger partial charge in [0.1, 0.15) is 0 Å². The van der Waals surface area contributed by atoms with E-state index in [1.165, 1.54) is 62.7 Å². The number of carbonyl (C=O) groups excluding carboxylic acids is 1. The summed E-state index contributed by atoms with van der Waals surface area (Å²) in [5.74, 6) is 2.26. The zero-order chi connectivity index (χ0) is 33.1. The molecular formula is C39H63N4O2+. The first kappa shape index (κ1) is 35.3. The number of nitrogens with one attached hydrogen (secondary N) is 2. The summed E-state index contributed by atoms with van der Waals surface area (Å²) < 4.78 is 1.07. The SMILES string of the molecule is CCC[N+]1(C)CC(c2cc(C(=O)NCc3c(C)cc(C)[nH]c3=O)c(C)c(N(C)C3CCCCC3)c2)CCC(C)C(C)C(C)C1C. The second-order valence-electron chi connectivity index (χ2n) is 15.3. The van der Waals surface area contributed by atoms with Crippen molar-refractivity contribution in [3.8, 4) is 0 Å². The monoisotopic (exact) mass is 619 g/mol. The first-order valence-electron chi connectivity index (χ1n) is 18.0. The summed E-state index contributed by atoms with van der Waals surface area (Å²) in [5.41, 5.74) is 6.53. The van der Waals surface area contributed by atoms with E-state index in [2.05, 4.69) is 83.0 Å². The van der Waals surface area contributed by atoms with E-state index >= 15 is 0 Å². The van der Waals surface area contributed by atoms with Gasteiger partial charge in [0.2, 0.25) is 0 Å². The van der Waals surface area contributed by atoms with Crippen LogP contribution in [0.15, 0.2) is 23.0 Å². The van der Waals surface area contributed by atoms with Crippen LogP contribution in [0.5, 0.6) is 0 Å². The van der Waals surface area contributed by atoms with Crippen molar-refractivity contribution in [3.05, 3.63) is 62.1 Å². The lowest BCUT2D eigenvalue weighted by Crippen LogP contribution is -2.56. The Balaban J connectivity index is 1.77.